The van der Waals surface area contributed by atoms with Crippen molar-refractivity contribution in [2.75, 3.05) is 21.3 Å². The van der Waals surface area contributed by atoms with Gasteiger partial charge in [-0.05, 0) is 55.7 Å². The maximum atomic E-state index is 13.7. The first-order valence-electron chi connectivity index (χ1n) is 12.9. The van der Waals surface area contributed by atoms with Crippen molar-refractivity contribution in [2.24, 2.45) is 5.92 Å². The molecule has 1 aliphatic heterocycles. The van der Waals surface area contributed by atoms with E-state index in [-0.39, 0.29) is 11.7 Å². The zero-order chi connectivity index (χ0) is 26.7. The second kappa shape index (κ2) is 10.9. The molecule has 0 radical (unpaired) electrons. The monoisotopic (exact) mass is 506 g/mol. The number of hydrogen-bond donors (Lipinski definition) is 0. The topological polar surface area (TPSA) is 70.0 Å². The van der Waals surface area contributed by atoms with Crippen molar-refractivity contribution < 1.29 is 23.8 Å². The molecule has 1 fully saturated rings. The van der Waals surface area contributed by atoms with Crippen LogP contribution in [0.4, 0.5) is 0 Å². The molecule has 1 unspecified atom stereocenters. The van der Waals surface area contributed by atoms with Gasteiger partial charge in [0.15, 0.2) is 5.78 Å². The van der Waals surface area contributed by atoms with Crippen LogP contribution >= 0.6 is 0 Å². The fourth-order valence-corrected chi connectivity index (χ4v) is 5.35. The number of ketones is 1. The van der Waals surface area contributed by atoms with Gasteiger partial charge in [-0.1, -0.05) is 44.7 Å². The van der Waals surface area contributed by atoms with Crippen LogP contribution in [-0.2, 0) is 17.9 Å². The highest BCUT2D eigenvalue weighted by Crippen LogP contribution is 2.40. The van der Waals surface area contributed by atoms with E-state index in [0.29, 0.717) is 30.3 Å². The van der Waals surface area contributed by atoms with E-state index in [4.69, 9.17) is 14.2 Å². The number of Topliss-reactive ketones (excluding diaryl/α,β-unsaturated/α-hetero) is 1. The van der Waals surface area contributed by atoms with Crippen molar-refractivity contribution >= 4 is 22.6 Å². The molecule has 3 aromatic rings. The van der Waals surface area contributed by atoms with E-state index in [0.717, 1.165) is 28.1 Å². The lowest BCUT2D eigenvalue weighted by atomic mass is 9.91. The molecule has 1 aliphatic carbocycles. The number of carbonyl (C=O) groups is 2. The summed E-state index contributed by atoms with van der Waals surface area (Å²) >= 11 is 0. The number of ether oxygens (including phenoxy) is 3. The normalized spacial score (nSPS) is 19.3. The third-order valence-electron chi connectivity index (χ3n) is 7.85. The highest BCUT2D eigenvalue weighted by molar-refractivity contribution is 6.05. The van der Waals surface area contributed by atoms with E-state index < -0.39 is 5.54 Å². The summed E-state index contributed by atoms with van der Waals surface area (Å²) in [6.45, 7) is 6.33. The van der Waals surface area contributed by atoms with Crippen molar-refractivity contribution in [2.45, 2.75) is 65.1 Å². The second-order valence-electron chi connectivity index (χ2n) is 10.3. The average Bonchev–Trinajstić information content (AvgIpc) is 3.53. The maximum Gasteiger partial charge on any atom is 0.271 e. The lowest BCUT2D eigenvalue weighted by Crippen LogP contribution is -2.59. The minimum absolute atomic E-state index is 0.0799. The van der Waals surface area contributed by atoms with Gasteiger partial charge in [-0.2, -0.15) is 0 Å². The smallest absolute Gasteiger partial charge is 0.271 e. The lowest BCUT2D eigenvalue weighted by Gasteiger charge is -2.44. The summed E-state index contributed by atoms with van der Waals surface area (Å²) in [5.74, 6) is 2.78. The first-order chi connectivity index (χ1) is 17.7. The summed E-state index contributed by atoms with van der Waals surface area (Å²) in [6, 6.07) is 13.0. The molecule has 37 heavy (non-hydrogen) atoms. The van der Waals surface area contributed by atoms with Gasteiger partial charge in [-0.15, -0.1) is 0 Å². The molecule has 5 rings (SSSR count). The summed E-state index contributed by atoms with van der Waals surface area (Å²) in [6.07, 6.45) is 5.95. The molecule has 2 aromatic carbocycles. The van der Waals surface area contributed by atoms with Crippen LogP contribution in [0.5, 0.6) is 17.2 Å². The summed E-state index contributed by atoms with van der Waals surface area (Å²) in [5.41, 5.74) is 1.16. The Morgan fingerprint density at radius 1 is 0.973 bits per heavy atom. The fourth-order valence-electron chi connectivity index (χ4n) is 5.35. The first-order valence-corrected chi connectivity index (χ1v) is 12.9. The number of fused-ring (bicyclic) bond motifs is 3. The van der Waals surface area contributed by atoms with Crippen LogP contribution in [0.2, 0.25) is 0 Å². The molecule has 7 nitrogen and oxygen atoms in total. The number of aromatic nitrogens is 1. The van der Waals surface area contributed by atoms with Gasteiger partial charge in [0.1, 0.15) is 28.5 Å². The molecule has 1 amide bonds. The van der Waals surface area contributed by atoms with Gasteiger partial charge in [-0.25, -0.2) is 0 Å². The van der Waals surface area contributed by atoms with Gasteiger partial charge in [0.2, 0.25) is 0 Å². The number of amides is 1. The highest BCUT2D eigenvalue weighted by atomic mass is 16.5. The molecule has 2 heterocycles. The van der Waals surface area contributed by atoms with Crippen LogP contribution in [0.25, 0.3) is 10.9 Å². The summed E-state index contributed by atoms with van der Waals surface area (Å²) in [5, 5.41) is 0.780. The van der Waals surface area contributed by atoms with E-state index in [1.807, 2.05) is 54.0 Å². The van der Waals surface area contributed by atoms with Gasteiger partial charge < -0.3 is 23.7 Å². The number of carbonyl (C=O) groups excluding carboxylic acids is 2. The van der Waals surface area contributed by atoms with Crippen LogP contribution in [0.3, 0.4) is 0 Å². The third-order valence-corrected chi connectivity index (χ3v) is 7.85. The Balaban J connectivity index is 0.000000469. The number of benzene rings is 2. The molecule has 0 spiro atoms. The molecule has 1 saturated carbocycles. The Bertz CT molecular complexity index is 1270. The number of rotatable bonds is 6. The summed E-state index contributed by atoms with van der Waals surface area (Å²) in [4.78, 5) is 28.2. The lowest BCUT2D eigenvalue weighted by molar-refractivity contribution is -0.128. The molecular weight excluding hydrogens is 468 g/mol. The van der Waals surface area contributed by atoms with Crippen LogP contribution in [0.1, 0.15) is 62.5 Å². The minimum atomic E-state index is -1.01. The van der Waals surface area contributed by atoms with E-state index in [1.165, 1.54) is 32.6 Å². The van der Waals surface area contributed by atoms with Gasteiger partial charge >= 0.3 is 0 Å². The fraction of sp³-hybridized carbons (Fsp3) is 0.467. The summed E-state index contributed by atoms with van der Waals surface area (Å²) < 4.78 is 18.2. The van der Waals surface area contributed by atoms with Gasteiger partial charge in [-0.3, -0.25) is 9.59 Å². The average molecular weight is 507 g/mol. The van der Waals surface area contributed by atoms with Crippen molar-refractivity contribution in [3.05, 3.63) is 53.7 Å². The van der Waals surface area contributed by atoms with E-state index in [1.54, 1.807) is 26.2 Å². The quantitative estimate of drug-likeness (QED) is 0.418. The standard InChI is InChI=1S/C24H26N2O5.C6H12/c1-15(27)24(2)14-25-19(12-18-20(30-4)10-11-21(31-5)22(18)25)23(28)26(24)13-16-6-8-17(29-3)9-7-16;1-6-4-2-3-5-6/h6-12H,13-14H2,1-5H3;6H,2-5H2,1H3. The second-order valence-corrected chi connectivity index (χ2v) is 10.3. The molecule has 0 N–H and O–H groups in total. The van der Waals surface area contributed by atoms with Gasteiger partial charge in [0, 0.05) is 11.9 Å². The molecule has 1 aromatic heterocycles. The molecule has 2 aliphatic rings. The van der Waals surface area contributed by atoms with Crippen molar-refractivity contribution in [3.63, 3.8) is 0 Å². The van der Waals surface area contributed by atoms with Crippen LogP contribution in [0, 0.1) is 5.92 Å². The summed E-state index contributed by atoms with van der Waals surface area (Å²) in [7, 11) is 4.79. The van der Waals surface area contributed by atoms with E-state index in [2.05, 4.69) is 6.92 Å². The van der Waals surface area contributed by atoms with Gasteiger partial charge in [0.05, 0.1) is 33.4 Å². The zero-order valence-corrected chi connectivity index (χ0v) is 22.8. The molecule has 198 valence electrons. The number of nitrogens with zero attached hydrogens (tertiary/aromatic N) is 2. The van der Waals surface area contributed by atoms with Crippen molar-refractivity contribution in [3.8, 4) is 17.2 Å². The Morgan fingerprint density at radius 3 is 2.11 bits per heavy atom. The van der Waals surface area contributed by atoms with Crippen LogP contribution in [0.15, 0.2) is 42.5 Å². The largest absolute Gasteiger partial charge is 0.497 e. The molecule has 0 bridgehead atoms. The van der Waals surface area contributed by atoms with E-state index >= 15 is 0 Å². The predicted molar refractivity (Wildman–Crippen MR) is 145 cm³/mol. The third kappa shape index (κ3) is 5.04. The molecular formula is C30H38N2O5. The molecule has 0 saturated heterocycles. The van der Waals surface area contributed by atoms with Crippen molar-refractivity contribution in [1.29, 1.82) is 0 Å². The molecule has 1 atom stereocenters. The van der Waals surface area contributed by atoms with Crippen molar-refractivity contribution in [1.82, 2.24) is 9.47 Å². The Hall–Kier alpha value is -3.48. The van der Waals surface area contributed by atoms with Crippen LogP contribution in [-0.4, -0.2) is 48.0 Å². The number of hydrogen-bond acceptors (Lipinski definition) is 5. The maximum absolute atomic E-state index is 13.7. The van der Waals surface area contributed by atoms with Crippen LogP contribution < -0.4 is 14.2 Å². The highest BCUT2D eigenvalue weighted by Gasteiger charge is 2.46. The molecule has 7 heteroatoms. The van der Waals surface area contributed by atoms with E-state index in [9.17, 15) is 9.59 Å². The van der Waals surface area contributed by atoms with Gasteiger partial charge in [0.25, 0.3) is 5.91 Å². The SMILES string of the molecule is CC1CCCC1.COc1ccc(CN2C(=O)c3cc4c(OC)ccc(OC)c4n3CC2(C)C(C)=O)cc1. The number of methoxy groups -OCH3 is 3. The first kappa shape index (κ1) is 26.6. The zero-order valence-electron chi connectivity index (χ0n) is 22.8. The minimum Gasteiger partial charge on any atom is -0.497 e. The predicted octanol–water partition coefficient (Wildman–Crippen LogP) is 5.87. The Labute approximate surface area is 219 Å². The Kier molecular flexibility index (Phi) is 7.81. The Morgan fingerprint density at radius 2 is 1.59 bits per heavy atom.